The Hall–Kier alpha value is -1.06. The fourth-order valence-electron chi connectivity index (χ4n) is 0.763. The summed E-state index contributed by atoms with van der Waals surface area (Å²) in [6, 6.07) is 2.79. The fraction of sp³-hybridized carbons (Fsp3) is 0. The van der Waals surface area contributed by atoms with Gasteiger partial charge in [0.2, 0.25) is 0 Å². The first-order chi connectivity index (χ1) is 6.00. The standard InChI is InChI=1S/C8H5Cl2NO2/c1-4(8(12)13)5-2-6(9)11-7(10)3-5/h2-3H,1H2,(H,12,13). The van der Waals surface area contributed by atoms with Crippen LogP contribution in [-0.2, 0) is 4.79 Å². The van der Waals surface area contributed by atoms with Crippen molar-refractivity contribution in [3.63, 3.8) is 0 Å². The number of carbonyl (C=O) groups is 1. The molecular formula is C8H5Cl2NO2. The number of hydrogen-bond donors (Lipinski definition) is 1. The van der Waals surface area contributed by atoms with Gasteiger partial charge in [-0.1, -0.05) is 29.8 Å². The lowest BCUT2D eigenvalue weighted by molar-refractivity contribution is -0.130. The van der Waals surface area contributed by atoms with Gasteiger partial charge in [-0.25, -0.2) is 9.78 Å². The third kappa shape index (κ3) is 2.44. The Morgan fingerprint density at radius 3 is 2.23 bits per heavy atom. The van der Waals surface area contributed by atoms with E-state index < -0.39 is 5.97 Å². The molecule has 0 aliphatic heterocycles. The number of rotatable bonds is 2. The van der Waals surface area contributed by atoms with Crippen LogP contribution in [0.5, 0.6) is 0 Å². The van der Waals surface area contributed by atoms with E-state index in [1.54, 1.807) is 0 Å². The van der Waals surface area contributed by atoms with E-state index in [1.165, 1.54) is 12.1 Å². The summed E-state index contributed by atoms with van der Waals surface area (Å²) in [4.78, 5) is 14.2. The van der Waals surface area contributed by atoms with Gasteiger partial charge in [0.25, 0.3) is 0 Å². The van der Waals surface area contributed by atoms with Gasteiger partial charge < -0.3 is 5.11 Å². The molecule has 0 amide bonds. The first kappa shape index (κ1) is 10.0. The van der Waals surface area contributed by atoms with E-state index in [0.717, 1.165) is 0 Å². The van der Waals surface area contributed by atoms with Crippen LogP contribution < -0.4 is 0 Å². The first-order valence-corrected chi connectivity index (χ1v) is 4.02. The molecular weight excluding hydrogens is 213 g/mol. The fourth-order valence-corrected chi connectivity index (χ4v) is 1.22. The van der Waals surface area contributed by atoms with Crippen molar-refractivity contribution in [3.05, 3.63) is 34.6 Å². The van der Waals surface area contributed by atoms with E-state index in [0.29, 0.717) is 5.56 Å². The van der Waals surface area contributed by atoms with Crippen LogP contribution in [0, 0.1) is 0 Å². The summed E-state index contributed by atoms with van der Waals surface area (Å²) in [5.41, 5.74) is 0.295. The van der Waals surface area contributed by atoms with Crippen LogP contribution in [0.4, 0.5) is 0 Å². The van der Waals surface area contributed by atoms with Crippen molar-refractivity contribution < 1.29 is 9.90 Å². The quantitative estimate of drug-likeness (QED) is 0.612. The second-order valence-corrected chi connectivity index (χ2v) is 3.06. The van der Waals surface area contributed by atoms with Crippen LogP contribution >= 0.6 is 23.2 Å². The van der Waals surface area contributed by atoms with Gasteiger partial charge in [-0.2, -0.15) is 0 Å². The van der Waals surface area contributed by atoms with Gasteiger partial charge in [-0.05, 0) is 17.7 Å². The molecule has 0 fully saturated rings. The maximum absolute atomic E-state index is 10.5. The van der Waals surface area contributed by atoms with Crippen LogP contribution in [0.3, 0.4) is 0 Å². The molecule has 68 valence electrons. The van der Waals surface area contributed by atoms with E-state index in [2.05, 4.69) is 11.6 Å². The third-order valence-electron chi connectivity index (χ3n) is 1.37. The maximum atomic E-state index is 10.5. The molecule has 0 radical (unpaired) electrons. The van der Waals surface area contributed by atoms with Gasteiger partial charge in [0.15, 0.2) is 0 Å². The Labute approximate surface area is 84.6 Å². The van der Waals surface area contributed by atoms with E-state index in [1.807, 2.05) is 0 Å². The zero-order chi connectivity index (χ0) is 10.0. The molecule has 1 N–H and O–H groups in total. The van der Waals surface area contributed by atoms with Crippen LogP contribution in [0.2, 0.25) is 10.3 Å². The Morgan fingerprint density at radius 2 is 1.85 bits per heavy atom. The lowest BCUT2D eigenvalue weighted by atomic mass is 10.1. The monoisotopic (exact) mass is 217 g/mol. The number of aliphatic carboxylic acids is 1. The van der Waals surface area contributed by atoms with Gasteiger partial charge in [0.1, 0.15) is 10.3 Å². The molecule has 3 nitrogen and oxygen atoms in total. The highest BCUT2D eigenvalue weighted by Crippen LogP contribution is 2.20. The van der Waals surface area contributed by atoms with Gasteiger partial charge in [-0.15, -0.1) is 0 Å². The van der Waals surface area contributed by atoms with Crippen LogP contribution in [-0.4, -0.2) is 16.1 Å². The van der Waals surface area contributed by atoms with Crippen LogP contribution in [0.15, 0.2) is 18.7 Å². The van der Waals surface area contributed by atoms with Crippen molar-refractivity contribution in [2.24, 2.45) is 0 Å². The molecule has 0 saturated heterocycles. The van der Waals surface area contributed by atoms with E-state index >= 15 is 0 Å². The SMILES string of the molecule is C=C(C(=O)O)c1cc(Cl)nc(Cl)c1. The Morgan fingerprint density at radius 1 is 1.38 bits per heavy atom. The number of pyridine rings is 1. The van der Waals surface area contributed by atoms with E-state index in [4.69, 9.17) is 28.3 Å². The van der Waals surface area contributed by atoms with Crippen molar-refractivity contribution in [1.82, 2.24) is 4.98 Å². The molecule has 0 atom stereocenters. The predicted molar refractivity (Wildman–Crippen MR) is 50.9 cm³/mol. The molecule has 1 aromatic heterocycles. The Kier molecular flexibility index (Phi) is 2.90. The maximum Gasteiger partial charge on any atom is 0.335 e. The largest absolute Gasteiger partial charge is 0.478 e. The molecule has 0 bridgehead atoms. The summed E-state index contributed by atoms with van der Waals surface area (Å²) >= 11 is 11.1. The summed E-state index contributed by atoms with van der Waals surface area (Å²) in [5.74, 6) is -1.11. The van der Waals surface area contributed by atoms with Gasteiger partial charge >= 0.3 is 5.97 Å². The highest BCUT2D eigenvalue weighted by Gasteiger charge is 2.09. The van der Waals surface area contributed by atoms with Crippen molar-refractivity contribution >= 4 is 34.7 Å². The highest BCUT2D eigenvalue weighted by molar-refractivity contribution is 6.33. The normalized spacial score (nSPS) is 9.69. The van der Waals surface area contributed by atoms with Crippen molar-refractivity contribution in [2.75, 3.05) is 0 Å². The molecule has 5 heteroatoms. The van der Waals surface area contributed by atoms with E-state index in [-0.39, 0.29) is 15.9 Å². The average Bonchev–Trinajstić information content (AvgIpc) is 2.01. The number of carboxylic acids is 1. The van der Waals surface area contributed by atoms with Gasteiger partial charge in [0, 0.05) is 0 Å². The number of hydrogen-bond acceptors (Lipinski definition) is 2. The number of carboxylic acid groups (broad SMARTS) is 1. The summed E-state index contributed by atoms with van der Waals surface area (Å²) in [7, 11) is 0. The minimum Gasteiger partial charge on any atom is -0.478 e. The predicted octanol–water partition coefficient (Wildman–Crippen LogP) is 2.49. The molecule has 0 saturated carbocycles. The minimum absolute atomic E-state index is 0.0637. The number of halogens is 2. The summed E-state index contributed by atoms with van der Waals surface area (Å²) in [5, 5.41) is 8.90. The molecule has 0 aliphatic carbocycles. The van der Waals surface area contributed by atoms with Gasteiger partial charge in [-0.3, -0.25) is 0 Å². The lowest BCUT2D eigenvalue weighted by Gasteiger charge is -2.00. The Balaban J connectivity index is 3.15. The molecule has 0 spiro atoms. The second kappa shape index (κ2) is 3.77. The number of nitrogens with zero attached hydrogens (tertiary/aromatic N) is 1. The highest BCUT2D eigenvalue weighted by atomic mass is 35.5. The summed E-state index contributed by atoms with van der Waals surface area (Å²) in [6.07, 6.45) is 0. The molecule has 1 rings (SSSR count). The lowest BCUT2D eigenvalue weighted by Crippen LogP contribution is -1.98. The van der Waals surface area contributed by atoms with Gasteiger partial charge in [0.05, 0.1) is 5.57 Å². The molecule has 1 heterocycles. The zero-order valence-electron chi connectivity index (χ0n) is 6.42. The molecule has 1 aromatic rings. The molecule has 0 aromatic carbocycles. The average molecular weight is 218 g/mol. The van der Waals surface area contributed by atoms with Crippen LogP contribution in [0.1, 0.15) is 5.56 Å². The molecule has 13 heavy (non-hydrogen) atoms. The number of aromatic nitrogens is 1. The smallest absolute Gasteiger partial charge is 0.335 e. The molecule has 0 aliphatic rings. The third-order valence-corrected chi connectivity index (χ3v) is 1.76. The molecule has 0 unspecified atom stereocenters. The van der Waals surface area contributed by atoms with Crippen molar-refractivity contribution in [2.45, 2.75) is 0 Å². The first-order valence-electron chi connectivity index (χ1n) is 3.26. The Bertz CT molecular complexity index is 356. The second-order valence-electron chi connectivity index (χ2n) is 2.28. The summed E-state index contributed by atoms with van der Waals surface area (Å²) < 4.78 is 0. The topological polar surface area (TPSA) is 50.2 Å². The van der Waals surface area contributed by atoms with Crippen LogP contribution in [0.25, 0.3) is 5.57 Å². The minimum atomic E-state index is -1.11. The zero-order valence-corrected chi connectivity index (χ0v) is 7.93. The van der Waals surface area contributed by atoms with Crippen molar-refractivity contribution in [1.29, 1.82) is 0 Å². The summed E-state index contributed by atoms with van der Waals surface area (Å²) in [6.45, 7) is 3.36. The van der Waals surface area contributed by atoms with E-state index in [9.17, 15) is 4.79 Å². The van der Waals surface area contributed by atoms with Crippen molar-refractivity contribution in [3.8, 4) is 0 Å².